The molecule has 0 amide bonds. The van der Waals surface area contributed by atoms with Crippen molar-refractivity contribution >= 4 is 11.5 Å². The van der Waals surface area contributed by atoms with Crippen LogP contribution >= 0.6 is 0 Å². The molecule has 0 aliphatic rings. The Morgan fingerprint density at radius 2 is 2.00 bits per heavy atom. The van der Waals surface area contributed by atoms with E-state index in [2.05, 4.69) is 4.98 Å². The number of anilines is 2. The maximum absolute atomic E-state index is 5.76. The van der Waals surface area contributed by atoms with E-state index in [0.717, 1.165) is 22.8 Å². The summed E-state index contributed by atoms with van der Waals surface area (Å²) in [5.41, 5.74) is 7.87. The van der Waals surface area contributed by atoms with Crippen molar-refractivity contribution in [3.63, 3.8) is 0 Å². The molecule has 0 fully saturated rings. The van der Waals surface area contributed by atoms with Crippen molar-refractivity contribution in [2.75, 3.05) is 19.1 Å². The molecule has 0 saturated heterocycles. The van der Waals surface area contributed by atoms with Crippen molar-refractivity contribution in [1.29, 1.82) is 0 Å². The van der Waals surface area contributed by atoms with Gasteiger partial charge in [0.2, 0.25) is 0 Å². The van der Waals surface area contributed by atoms with E-state index in [1.807, 2.05) is 48.3 Å². The van der Waals surface area contributed by atoms with Gasteiger partial charge in [0.05, 0.1) is 7.11 Å². The Labute approximate surface area is 107 Å². The minimum absolute atomic E-state index is 0.496. The molecule has 4 nitrogen and oxygen atoms in total. The Balaban J connectivity index is 2.44. The van der Waals surface area contributed by atoms with E-state index in [-0.39, 0.29) is 0 Å². The first-order valence-corrected chi connectivity index (χ1v) is 5.78. The molecule has 94 valence electrons. The van der Waals surface area contributed by atoms with E-state index in [0.29, 0.717) is 6.54 Å². The third kappa shape index (κ3) is 2.28. The molecule has 2 N–H and O–H groups in total. The molecular formula is C14H17N3O. The van der Waals surface area contributed by atoms with Gasteiger partial charge in [0, 0.05) is 25.5 Å². The van der Waals surface area contributed by atoms with Crippen molar-refractivity contribution in [3.8, 4) is 5.75 Å². The first-order valence-electron chi connectivity index (χ1n) is 5.78. The molecule has 4 heteroatoms. The van der Waals surface area contributed by atoms with Crippen molar-refractivity contribution < 1.29 is 4.74 Å². The van der Waals surface area contributed by atoms with Gasteiger partial charge in [-0.1, -0.05) is 18.2 Å². The smallest absolute Gasteiger partial charge is 0.175 e. The highest BCUT2D eigenvalue weighted by Crippen LogP contribution is 2.31. The summed E-state index contributed by atoms with van der Waals surface area (Å²) in [5, 5.41) is 0. The predicted molar refractivity (Wildman–Crippen MR) is 73.2 cm³/mol. The summed E-state index contributed by atoms with van der Waals surface area (Å²) in [5.74, 6) is 1.52. The van der Waals surface area contributed by atoms with Crippen LogP contribution in [0, 0.1) is 0 Å². The Morgan fingerprint density at radius 3 is 2.72 bits per heavy atom. The summed E-state index contributed by atoms with van der Waals surface area (Å²) in [6, 6.07) is 11.8. The van der Waals surface area contributed by atoms with Gasteiger partial charge in [-0.2, -0.15) is 0 Å². The number of hydrogen-bond acceptors (Lipinski definition) is 4. The van der Waals surface area contributed by atoms with Crippen molar-refractivity contribution in [2.24, 2.45) is 5.73 Å². The Kier molecular flexibility index (Phi) is 3.79. The van der Waals surface area contributed by atoms with Gasteiger partial charge in [0.15, 0.2) is 11.6 Å². The van der Waals surface area contributed by atoms with Crippen LogP contribution < -0.4 is 15.4 Å². The Bertz CT molecular complexity index is 480. The fraction of sp³-hybridized carbons (Fsp3) is 0.214. The first kappa shape index (κ1) is 12.4. The summed E-state index contributed by atoms with van der Waals surface area (Å²) >= 11 is 0. The molecule has 18 heavy (non-hydrogen) atoms. The van der Waals surface area contributed by atoms with Crippen LogP contribution in [0.15, 0.2) is 42.6 Å². The number of methoxy groups -OCH3 is 1. The molecule has 0 aliphatic carbocycles. The van der Waals surface area contributed by atoms with Gasteiger partial charge in [-0.05, 0) is 23.8 Å². The van der Waals surface area contributed by atoms with Crippen LogP contribution in [0.1, 0.15) is 5.56 Å². The van der Waals surface area contributed by atoms with E-state index in [1.54, 1.807) is 13.3 Å². The Morgan fingerprint density at radius 1 is 1.22 bits per heavy atom. The number of aromatic nitrogens is 1. The molecule has 0 bridgehead atoms. The van der Waals surface area contributed by atoms with E-state index in [1.165, 1.54) is 0 Å². The highest BCUT2D eigenvalue weighted by molar-refractivity contribution is 5.67. The van der Waals surface area contributed by atoms with Crippen LogP contribution in [0.25, 0.3) is 0 Å². The predicted octanol–water partition coefficient (Wildman–Crippen LogP) is 2.32. The SMILES string of the molecule is COc1cccnc1N(C)c1ccccc1CN. The molecular weight excluding hydrogens is 226 g/mol. The molecule has 0 aliphatic heterocycles. The van der Waals surface area contributed by atoms with Gasteiger partial charge in [0.25, 0.3) is 0 Å². The van der Waals surface area contributed by atoms with Crippen LogP contribution in [0.5, 0.6) is 5.75 Å². The number of para-hydroxylation sites is 1. The second kappa shape index (κ2) is 5.51. The van der Waals surface area contributed by atoms with Crippen LogP contribution in [-0.2, 0) is 6.54 Å². The monoisotopic (exact) mass is 243 g/mol. The zero-order valence-electron chi connectivity index (χ0n) is 10.6. The summed E-state index contributed by atoms with van der Waals surface area (Å²) < 4.78 is 5.33. The standard InChI is InChI=1S/C14H17N3O/c1-17(12-7-4-3-6-11(12)10-15)14-13(18-2)8-5-9-16-14/h3-9H,10,15H2,1-2H3. The van der Waals surface area contributed by atoms with E-state index in [4.69, 9.17) is 10.5 Å². The van der Waals surface area contributed by atoms with E-state index >= 15 is 0 Å². The molecule has 1 aromatic heterocycles. The number of hydrogen-bond donors (Lipinski definition) is 1. The third-order valence-electron chi connectivity index (χ3n) is 2.86. The fourth-order valence-electron chi connectivity index (χ4n) is 1.92. The molecule has 1 heterocycles. The number of ether oxygens (including phenoxy) is 1. The van der Waals surface area contributed by atoms with Gasteiger partial charge >= 0.3 is 0 Å². The Hall–Kier alpha value is -2.07. The number of nitrogens with zero attached hydrogens (tertiary/aromatic N) is 2. The number of rotatable bonds is 4. The molecule has 0 saturated carbocycles. The highest BCUT2D eigenvalue weighted by atomic mass is 16.5. The topological polar surface area (TPSA) is 51.4 Å². The largest absolute Gasteiger partial charge is 0.493 e. The van der Waals surface area contributed by atoms with Gasteiger partial charge in [-0.3, -0.25) is 0 Å². The molecule has 2 rings (SSSR count). The normalized spacial score (nSPS) is 10.2. The second-order valence-corrected chi connectivity index (χ2v) is 3.92. The van der Waals surface area contributed by atoms with Crippen LogP contribution in [0.2, 0.25) is 0 Å². The van der Waals surface area contributed by atoms with Crippen LogP contribution in [-0.4, -0.2) is 19.1 Å². The van der Waals surface area contributed by atoms with Gasteiger partial charge in [-0.25, -0.2) is 4.98 Å². The molecule has 0 atom stereocenters. The minimum atomic E-state index is 0.496. The fourth-order valence-corrected chi connectivity index (χ4v) is 1.92. The van der Waals surface area contributed by atoms with Crippen molar-refractivity contribution in [2.45, 2.75) is 6.54 Å². The van der Waals surface area contributed by atoms with Gasteiger partial charge < -0.3 is 15.4 Å². The quantitative estimate of drug-likeness (QED) is 0.895. The van der Waals surface area contributed by atoms with Crippen molar-refractivity contribution in [3.05, 3.63) is 48.2 Å². The zero-order chi connectivity index (χ0) is 13.0. The highest BCUT2D eigenvalue weighted by Gasteiger charge is 2.13. The van der Waals surface area contributed by atoms with Crippen molar-refractivity contribution in [1.82, 2.24) is 4.98 Å². The number of pyridine rings is 1. The lowest BCUT2D eigenvalue weighted by molar-refractivity contribution is 0.414. The molecule has 2 aromatic rings. The summed E-state index contributed by atoms with van der Waals surface area (Å²) in [4.78, 5) is 6.35. The van der Waals surface area contributed by atoms with E-state index < -0.39 is 0 Å². The maximum Gasteiger partial charge on any atom is 0.175 e. The van der Waals surface area contributed by atoms with Gasteiger partial charge in [-0.15, -0.1) is 0 Å². The average Bonchev–Trinajstić information content (AvgIpc) is 2.46. The molecule has 0 radical (unpaired) electrons. The minimum Gasteiger partial charge on any atom is -0.493 e. The molecule has 0 spiro atoms. The van der Waals surface area contributed by atoms with Crippen LogP contribution in [0.3, 0.4) is 0 Å². The summed E-state index contributed by atoms with van der Waals surface area (Å²) in [6.45, 7) is 0.496. The lowest BCUT2D eigenvalue weighted by atomic mass is 10.1. The van der Waals surface area contributed by atoms with E-state index in [9.17, 15) is 0 Å². The zero-order valence-corrected chi connectivity index (χ0v) is 10.6. The third-order valence-corrected chi connectivity index (χ3v) is 2.86. The number of nitrogens with two attached hydrogens (primary N) is 1. The lowest BCUT2D eigenvalue weighted by Gasteiger charge is -2.22. The second-order valence-electron chi connectivity index (χ2n) is 3.92. The van der Waals surface area contributed by atoms with Gasteiger partial charge in [0.1, 0.15) is 0 Å². The summed E-state index contributed by atoms with van der Waals surface area (Å²) in [7, 11) is 3.60. The average molecular weight is 243 g/mol. The number of benzene rings is 1. The summed E-state index contributed by atoms with van der Waals surface area (Å²) in [6.07, 6.45) is 1.75. The maximum atomic E-state index is 5.76. The molecule has 1 aromatic carbocycles. The van der Waals surface area contributed by atoms with Crippen LogP contribution in [0.4, 0.5) is 11.5 Å². The molecule has 0 unspecified atom stereocenters. The first-order chi connectivity index (χ1) is 8.77. The lowest BCUT2D eigenvalue weighted by Crippen LogP contribution is -2.15.